The predicted molar refractivity (Wildman–Crippen MR) is 127 cm³/mol. The van der Waals surface area contributed by atoms with Crippen molar-refractivity contribution in [3.63, 3.8) is 0 Å². The third-order valence-electron chi connectivity index (χ3n) is 7.62. The number of aryl methyl sites for hydroxylation is 2. The van der Waals surface area contributed by atoms with E-state index in [2.05, 4.69) is 29.1 Å². The Labute approximate surface area is 198 Å². The molecule has 180 valence electrons. The summed E-state index contributed by atoms with van der Waals surface area (Å²) >= 11 is 0. The van der Waals surface area contributed by atoms with Gasteiger partial charge in [-0.3, -0.25) is 4.90 Å². The molecule has 0 amide bonds. The number of rotatable bonds is 5. The monoisotopic (exact) mass is 466 g/mol. The first-order valence-electron chi connectivity index (χ1n) is 12.2. The molecule has 1 aromatic carbocycles. The van der Waals surface area contributed by atoms with Crippen LogP contribution >= 0.6 is 0 Å². The van der Waals surface area contributed by atoms with E-state index in [-0.39, 0.29) is 18.6 Å². The Morgan fingerprint density at radius 3 is 2.74 bits per heavy atom. The Bertz CT molecular complexity index is 1220. The fourth-order valence-corrected chi connectivity index (χ4v) is 5.92. The molecule has 3 fully saturated rings. The van der Waals surface area contributed by atoms with Gasteiger partial charge in [0.15, 0.2) is 5.82 Å². The maximum Gasteiger partial charge on any atom is 0.159 e. The van der Waals surface area contributed by atoms with Crippen LogP contribution in [-0.2, 0) is 4.74 Å². The molecule has 0 aliphatic carbocycles. The maximum absolute atomic E-state index is 15.2. The number of aliphatic hydroxyl groups excluding tert-OH is 1. The van der Waals surface area contributed by atoms with Crippen molar-refractivity contribution in [3.05, 3.63) is 41.3 Å². The molecule has 2 unspecified atom stereocenters. The van der Waals surface area contributed by atoms with Crippen LogP contribution in [-0.4, -0.2) is 87.5 Å². The number of aliphatic hydroxyl groups is 1. The van der Waals surface area contributed by atoms with Gasteiger partial charge in [0.2, 0.25) is 0 Å². The highest BCUT2D eigenvalue weighted by molar-refractivity contribution is 5.82. The Kier molecular flexibility index (Phi) is 5.50. The van der Waals surface area contributed by atoms with E-state index in [1.807, 2.05) is 28.8 Å². The molecule has 2 aromatic heterocycles. The number of likely N-dealkylation sites (tertiary alicyclic amines) is 1. The summed E-state index contributed by atoms with van der Waals surface area (Å²) in [6, 6.07) is 6.57. The zero-order chi connectivity index (χ0) is 23.4. The number of fused-ring (bicyclic) bond motifs is 3. The van der Waals surface area contributed by atoms with Crippen LogP contribution < -0.4 is 4.90 Å². The van der Waals surface area contributed by atoms with Gasteiger partial charge in [-0.1, -0.05) is 0 Å². The molecule has 5 heterocycles. The quantitative estimate of drug-likeness (QED) is 0.619. The zero-order valence-electron chi connectivity index (χ0n) is 19.7. The largest absolute Gasteiger partial charge is 0.395 e. The molecule has 0 saturated carbocycles. The van der Waals surface area contributed by atoms with Crippen LogP contribution in [0.2, 0.25) is 0 Å². The summed E-state index contributed by atoms with van der Waals surface area (Å²) in [6.07, 6.45) is 2.96. The lowest BCUT2D eigenvalue weighted by Crippen LogP contribution is -2.42. The Morgan fingerprint density at radius 1 is 1.15 bits per heavy atom. The molecule has 2 bridgehead atoms. The minimum atomic E-state index is -0.964. The third kappa shape index (κ3) is 3.76. The number of β-amino-alcohol motifs (C(OH)–C–C–N with tert-alkyl or cyclic N) is 1. The molecule has 3 saturated heterocycles. The van der Waals surface area contributed by atoms with Crippen molar-refractivity contribution in [3.8, 4) is 5.82 Å². The number of hydrogen-bond donors (Lipinski definition) is 1. The Morgan fingerprint density at radius 2 is 2.00 bits per heavy atom. The van der Waals surface area contributed by atoms with Crippen molar-refractivity contribution in [2.45, 2.75) is 50.9 Å². The van der Waals surface area contributed by atoms with Gasteiger partial charge in [0.25, 0.3) is 0 Å². The van der Waals surface area contributed by atoms with E-state index in [4.69, 9.17) is 14.7 Å². The Hall–Kier alpha value is -2.62. The Balaban J connectivity index is 1.36. The molecule has 34 heavy (non-hydrogen) atoms. The van der Waals surface area contributed by atoms with Crippen molar-refractivity contribution >= 4 is 16.7 Å². The SMILES string of the molecule is Cc1nc(N2C[C@@H]3C[C@H]2CO3)cc(-n2ncc3cc(C)c(C4CCN(CCO)CC4F)cc32)n1. The van der Waals surface area contributed by atoms with Gasteiger partial charge in [-0.15, -0.1) is 0 Å². The third-order valence-corrected chi connectivity index (χ3v) is 7.62. The molecule has 9 heteroatoms. The highest BCUT2D eigenvalue weighted by Gasteiger charge is 2.40. The van der Waals surface area contributed by atoms with Crippen molar-refractivity contribution < 1.29 is 14.2 Å². The summed E-state index contributed by atoms with van der Waals surface area (Å²) in [4.78, 5) is 13.7. The van der Waals surface area contributed by atoms with E-state index in [9.17, 15) is 5.11 Å². The van der Waals surface area contributed by atoms with Gasteiger partial charge in [0, 0.05) is 37.0 Å². The summed E-state index contributed by atoms with van der Waals surface area (Å²) in [5, 5.41) is 14.9. The van der Waals surface area contributed by atoms with Crippen molar-refractivity contribution in [2.75, 3.05) is 44.3 Å². The van der Waals surface area contributed by atoms with Gasteiger partial charge in [-0.2, -0.15) is 5.10 Å². The van der Waals surface area contributed by atoms with Gasteiger partial charge in [-0.25, -0.2) is 19.0 Å². The number of alkyl halides is 1. The second-order valence-corrected chi connectivity index (χ2v) is 9.89. The second-order valence-electron chi connectivity index (χ2n) is 9.89. The van der Waals surface area contributed by atoms with E-state index in [0.29, 0.717) is 25.0 Å². The topological polar surface area (TPSA) is 79.5 Å². The molecule has 0 spiro atoms. The van der Waals surface area contributed by atoms with E-state index in [1.165, 1.54) is 0 Å². The molecule has 3 aliphatic heterocycles. The number of nitrogens with zero attached hydrogens (tertiary/aromatic N) is 6. The lowest BCUT2D eigenvalue weighted by molar-refractivity contribution is 0.0988. The average Bonchev–Trinajstić information content (AvgIpc) is 3.54. The van der Waals surface area contributed by atoms with Crippen LogP contribution in [0.3, 0.4) is 0 Å². The van der Waals surface area contributed by atoms with Crippen LogP contribution in [0.1, 0.15) is 35.7 Å². The molecule has 3 aliphatic rings. The number of hydrogen-bond acceptors (Lipinski definition) is 7. The van der Waals surface area contributed by atoms with Crippen LogP contribution in [0, 0.1) is 13.8 Å². The first-order chi connectivity index (χ1) is 16.5. The van der Waals surface area contributed by atoms with Gasteiger partial charge in [-0.05, 0) is 56.5 Å². The van der Waals surface area contributed by atoms with Crippen molar-refractivity contribution in [1.82, 2.24) is 24.6 Å². The molecule has 8 nitrogen and oxygen atoms in total. The first-order valence-corrected chi connectivity index (χ1v) is 12.2. The number of aromatic nitrogens is 4. The molecule has 0 radical (unpaired) electrons. The van der Waals surface area contributed by atoms with Crippen LogP contribution in [0.25, 0.3) is 16.7 Å². The van der Waals surface area contributed by atoms with E-state index < -0.39 is 6.17 Å². The van der Waals surface area contributed by atoms with Gasteiger partial charge < -0.3 is 14.7 Å². The summed E-state index contributed by atoms with van der Waals surface area (Å²) in [5.74, 6) is 2.18. The second kappa shape index (κ2) is 8.55. The molecule has 4 atom stereocenters. The molecule has 6 rings (SSSR count). The number of benzene rings is 1. The number of morpholine rings is 1. The summed E-state index contributed by atoms with van der Waals surface area (Å²) in [7, 11) is 0. The summed E-state index contributed by atoms with van der Waals surface area (Å²) < 4.78 is 22.8. The molecule has 1 N–H and O–H groups in total. The molecular formula is C25H31FN6O2. The number of halogens is 1. The number of ether oxygens (including phenoxy) is 1. The van der Waals surface area contributed by atoms with Gasteiger partial charge >= 0.3 is 0 Å². The minimum absolute atomic E-state index is 0.0632. The van der Waals surface area contributed by atoms with E-state index in [0.717, 1.165) is 66.2 Å². The van der Waals surface area contributed by atoms with Crippen LogP contribution in [0.5, 0.6) is 0 Å². The minimum Gasteiger partial charge on any atom is -0.395 e. The molecular weight excluding hydrogens is 435 g/mol. The van der Waals surface area contributed by atoms with Crippen molar-refractivity contribution in [1.29, 1.82) is 0 Å². The smallest absolute Gasteiger partial charge is 0.159 e. The first kappa shape index (κ1) is 21.9. The van der Waals surface area contributed by atoms with Crippen LogP contribution in [0.4, 0.5) is 10.2 Å². The lowest BCUT2D eigenvalue weighted by atomic mass is 9.85. The highest BCUT2D eigenvalue weighted by Crippen LogP contribution is 2.36. The van der Waals surface area contributed by atoms with Crippen molar-refractivity contribution in [2.24, 2.45) is 0 Å². The number of piperidine rings is 1. The fraction of sp³-hybridized carbons (Fsp3) is 0.560. The van der Waals surface area contributed by atoms with Crippen LogP contribution in [0.15, 0.2) is 24.4 Å². The lowest BCUT2D eigenvalue weighted by Gasteiger charge is -2.35. The maximum atomic E-state index is 15.2. The van der Waals surface area contributed by atoms with Gasteiger partial charge in [0.1, 0.15) is 17.8 Å². The van der Waals surface area contributed by atoms with E-state index in [1.54, 1.807) is 0 Å². The highest BCUT2D eigenvalue weighted by atomic mass is 19.1. The fourth-order valence-electron chi connectivity index (χ4n) is 5.92. The number of anilines is 1. The normalized spacial score (nSPS) is 27.2. The average molecular weight is 467 g/mol. The van der Waals surface area contributed by atoms with Gasteiger partial charge in [0.05, 0.1) is 37.1 Å². The summed E-state index contributed by atoms with van der Waals surface area (Å²) in [5.41, 5.74) is 3.05. The zero-order valence-corrected chi connectivity index (χ0v) is 19.7. The summed E-state index contributed by atoms with van der Waals surface area (Å²) in [6.45, 7) is 7.31. The standard InChI is InChI=1S/C25H31FN6O2/c1-15-7-17-11-27-32(23(17)9-21(15)20-3-4-30(5-6-33)13-22(20)26)25-10-24(28-16(2)29-25)31-12-19-8-18(31)14-34-19/h7,9-11,18-20,22,33H,3-6,8,12-14H2,1-2H3/t18-,19-,20?,22?/m0/s1. The van der Waals surface area contributed by atoms with E-state index >= 15 is 4.39 Å². The molecule has 3 aromatic rings. The predicted octanol–water partition coefficient (Wildman–Crippen LogP) is 2.53.